The molecule has 1 fully saturated rings. The Bertz CT molecular complexity index is 691. The molecule has 3 rings (SSSR count). The molecule has 2 amide bonds. The van der Waals surface area contributed by atoms with Crippen LogP contribution in [0.5, 0.6) is 0 Å². The second kappa shape index (κ2) is 8.21. The van der Waals surface area contributed by atoms with E-state index in [0.29, 0.717) is 19.6 Å². The summed E-state index contributed by atoms with van der Waals surface area (Å²) in [5.74, 6) is 0.0768. The van der Waals surface area contributed by atoms with E-state index in [1.54, 1.807) is 15.9 Å². The van der Waals surface area contributed by atoms with E-state index in [2.05, 4.69) is 29.0 Å². The molecule has 0 bridgehead atoms. The Morgan fingerprint density at radius 1 is 1.42 bits per heavy atom. The number of carbonyl (C=O) groups is 2. The van der Waals surface area contributed by atoms with Crippen molar-refractivity contribution in [3.05, 3.63) is 36.0 Å². The lowest BCUT2D eigenvalue weighted by Crippen LogP contribution is -2.39. The smallest absolute Gasteiger partial charge is 0.320 e. The number of urea groups is 1. The summed E-state index contributed by atoms with van der Waals surface area (Å²) in [4.78, 5) is 31.5. The van der Waals surface area contributed by atoms with Crippen LogP contribution in [0.3, 0.4) is 0 Å². The fraction of sp³-hybridized carbons (Fsp3) is 0.526. The normalized spacial score (nSPS) is 17.6. The number of fused-ring (bicyclic) bond motifs is 1. The third kappa shape index (κ3) is 4.15. The van der Waals surface area contributed by atoms with Crippen LogP contribution in [0.4, 0.5) is 10.6 Å². The number of anilines is 1. The zero-order valence-electron chi connectivity index (χ0n) is 15.0. The van der Waals surface area contributed by atoms with Crippen molar-refractivity contribution in [1.82, 2.24) is 14.8 Å². The molecule has 0 aromatic carbocycles. The average Bonchev–Trinajstić information content (AvgIpc) is 3.00. The molecule has 2 aliphatic rings. The Morgan fingerprint density at radius 2 is 2.27 bits per heavy atom. The van der Waals surface area contributed by atoms with E-state index in [1.807, 2.05) is 0 Å². The van der Waals surface area contributed by atoms with Gasteiger partial charge in [0.1, 0.15) is 5.82 Å². The van der Waals surface area contributed by atoms with Crippen molar-refractivity contribution in [3.63, 3.8) is 0 Å². The summed E-state index contributed by atoms with van der Waals surface area (Å²) in [5, 5.41) is 12.3. The number of hydrogen-bond donors (Lipinski definition) is 2. The van der Waals surface area contributed by atoms with Crippen molar-refractivity contribution in [2.45, 2.75) is 38.1 Å². The Hall–Kier alpha value is -2.57. The van der Waals surface area contributed by atoms with Crippen LogP contribution in [-0.4, -0.2) is 64.1 Å². The molecule has 26 heavy (non-hydrogen) atoms. The zero-order valence-corrected chi connectivity index (χ0v) is 15.0. The minimum Gasteiger partial charge on any atom is -0.481 e. The van der Waals surface area contributed by atoms with Gasteiger partial charge in [-0.2, -0.15) is 0 Å². The van der Waals surface area contributed by atoms with Crippen LogP contribution >= 0.6 is 0 Å². The standard InChI is InChI=1S/C19H26N4O3/c1-2-16(13-17(24)25)23-12-11-22(19(23)26)10-4-6-15-8-7-14-5-3-9-20-18(14)21-15/h2,7-8,16H,1,3-6,9-13H2,(H,20,21)(H,24,25)/t16-/m1/s1. The third-order valence-corrected chi connectivity index (χ3v) is 5.00. The summed E-state index contributed by atoms with van der Waals surface area (Å²) in [7, 11) is 0. The summed E-state index contributed by atoms with van der Waals surface area (Å²) < 4.78 is 0. The number of amides is 2. The van der Waals surface area contributed by atoms with Gasteiger partial charge in [-0.3, -0.25) is 4.79 Å². The number of nitrogens with one attached hydrogen (secondary N) is 1. The minimum atomic E-state index is -0.923. The number of carboxylic acids is 1. The van der Waals surface area contributed by atoms with Crippen molar-refractivity contribution in [3.8, 4) is 0 Å². The lowest BCUT2D eigenvalue weighted by molar-refractivity contribution is -0.137. The number of aliphatic carboxylic acids is 1. The summed E-state index contributed by atoms with van der Waals surface area (Å²) >= 11 is 0. The van der Waals surface area contributed by atoms with E-state index in [4.69, 9.17) is 5.11 Å². The highest BCUT2D eigenvalue weighted by molar-refractivity contribution is 5.78. The second-order valence-corrected chi connectivity index (χ2v) is 6.81. The van der Waals surface area contributed by atoms with E-state index < -0.39 is 12.0 Å². The fourth-order valence-corrected chi connectivity index (χ4v) is 3.58. The summed E-state index contributed by atoms with van der Waals surface area (Å²) in [5.41, 5.74) is 2.32. The van der Waals surface area contributed by atoms with Gasteiger partial charge in [-0.05, 0) is 37.3 Å². The molecule has 1 atom stereocenters. The maximum Gasteiger partial charge on any atom is 0.320 e. The molecule has 0 spiro atoms. The Labute approximate surface area is 153 Å². The highest BCUT2D eigenvalue weighted by Crippen LogP contribution is 2.21. The lowest BCUT2D eigenvalue weighted by Gasteiger charge is -2.24. The molecule has 3 heterocycles. The number of nitrogens with zero attached hydrogens (tertiary/aromatic N) is 3. The van der Waals surface area contributed by atoms with Gasteiger partial charge in [0.05, 0.1) is 12.5 Å². The predicted octanol–water partition coefficient (Wildman–Crippen LogP) is 2.14. The van der Waals surface area contributed by atoms with Crippen LogP contribution < -0.4 is 5.32 Å². The maximum atomic E-state index is 12.5. The SMILES string of the molecule is C=C[C@H](CC(=O)O)N1CCN(CCCc2ccc3c(n2)NCCC3)C1=O. The Balaban J connectivity index is 1.50. The van der Waals surface area contributed by atoms with Gasteiger partial charge in [0.15, 0.2) is 0 Å². The highest BCUT2D eigenvalue weighted by Gasteiger charge is 2.32. The van der Waals surface area contributed by atoms with Crippen molar-refractivity contribution in [2.75, 3.05) is 31.5 Å². The van der Waals surface area contributed by atoms with E-state index in [9.17, 15) is 9.59 Å². The molecule has 1 aromatic heterocycles. The first-order valence-electron chi connectivity index (χ1n) is 9.21. The van der Waals surface area contributed by atoms with Gasteiger partial charge >= 0.3 is 12.0 Å². The maximum absolute atomic E-state index is 12.5. The molecule has 7 nitrogen and oxygen atoms in total. The number of hydrogen-bond acceptors (Lipinski definition) is 4. The molecule has 2 aliphatic heterocycles. The number of rotatable bonds is 8. The quantitative estimate of drug-likeness (QED) is 0.696. The number of aryl methyl sites for hydroxylation is 2. The lowest BCUT2D eigenvalue weighted by atomic mass is 10.1. The van der Waals surface area contributed by atoms with E-state index in [1.165, 1.54) is 5.56 Å². The minimum absolute atomic E-state index is 0.101. The van der Waals surface area contributed by atoms with Gasteiger partial charge in [-0.25, -0.2) is 9.78 Å². The van der Waals surface area contributed by atoms with E-state index in [0.717, 1.165) is 43.7 Å². The van der Waals surface area contributed by atoms with E-state index in [-0.39, 0.29) is 12.5 Å². The largest absolute Gasteiger partial charge is 0.481 e. The monoisotopic (exact) mass is 358 g/mol. The van der Waals surface area contributed by atoms with E-state index >= 15 is 0 Å². The van der Waals surface area contributed by atoms with Gasteiger partial charge in [0.2, 0.25) is 0 Å². The molecule has 7 heteroatoms. The Morgan fingerprint density at radius 3 is 3.04 bits per heavy atom. The molecule has 0 radical (unpaired) electrons. The molecule has 0 aliphatic carbocycles. The summed E-state index contributed by atoms with van der Waals surface area (Å²) in [6, 6.07) is 3.67. The highest BCUT2D eigenvalue weighted by atomic mass is 16.4. The van der Waals surface area contributed by atoms with Crippen molar-refractivity contribution >= 4 is 17.8 Å². The number of aromatic nitrogens is 1. The number of carboxylic acid groups (broad SMARTS) is 1. The summed E-state index contributed by atoms with van der Waals surface area (Å²) in [6.45, 7) is 6.46. The molecule has 140 valence electrons. The second-order valence-electron chi connectivity index (χ2n) is 6.81. The fourth-order valence-electron chi connectivity index (χ4n) is 3.58. The van der Waals surface area contributed by atoms with Crippen LogP contribution in [0.1, 0.15) is 30.5 Å². The first-order valence-corrected chi connectivity index (χ1v) is 9.21. The molecule has 1 saturated heterocycles. The van der Waals surface area contributed by atoms with Crippen LogP contribution in [-0.2, 0) is 17.6 Å². The first-order chi connectivity index (χ1) is 12.6. The van der Waals surface area contributed by atoms with Crippen molar-refractivity contribution < 1.29 is 14.7 Å². The van der Waals surface area contributed by atoms with Gasteiger partial charge in [0, 0.05) is 31.9 Å². The molecular formula is C19H26N4O3. The van der Waals surface area contributed by atoms with Gasteiger partial charge < -0.3 is 20.2 Å². The molecule has 2 N–H and O–H groups in total. The van der Waals surface area contributed by atoms with Crippen molar-refractivity contribution in [1.29, 1.82) is 0 Å². The molecule has 0 unspecified atom stereocenters. The van der Waals surface area contributed by atoms with Crippen LogP contribution in [0.15, 0.2) is 24.8 Å². The van der Waals surface area contributed by atoms with Crippen LogP contribution in [0.25, 0.3) is 0 Å². The van der Waals surface area contributed by atoms with Crippen molar-refractivity contribution in [2.24, 2.45) is 0 Å². The van der Waals surface area contributed by atoms with Gasteiger partial charge in [-0.1, -0.05) is 12.1 Å². The van der Waals surface area contributed by atoms with Crippen LogP contribution in [0.2, 0.25) is 0 Å². The molecule has 0 saturated carbocycles. The average molecular weight is 358 g/mol. The number of carbonyl (C=O) groups excluding carboxylic acids is 1. The first kappa shape index (κ1) is 18.2. The van der Waals surface area contributed by atoms with Crippen LogP contribution in [0, 0.1) is 0 Å². The predicted molar refractivity (Wildman–Crippen MR) is 99.3 cm³/mol. The third-order valence-electron chi connectivity index (χ3n) is 5.00. The number of pyridine rings is 1. The molecule has 1 aromatic rings. The van der Waals surface area contributed by atoms with Gasteiger partial charge in [0.25, 0.3) is 0 Å². The summed E-state index contributed by atoms with van der Waals surface area (Å²) in [6.07, 6.45) is 5.32. The van der Waals surface area contributed by atoms with Gasteiger partial charge in [-0.15, -0.1) is 6.58 Å². The zero-order chi connectivity index (χ0) is 18.5. The Kier molecular flexibility index (Phi) is 5.75. The topological polar surface area (TPSA) is 85.8 Å². The molecular weight excluding hydrogens is 332 g/mol.